The third-order valence-electron chi connectivity index (χ3n) is 4.84. The van der Waals surface area contributed by atoms with Crippen LogP contribution in [0.1, 0.15) is 32.3 Å². The number of ether oxygens (including phenoxy) is 4. The summed E-state index contributed by atoms with van der Waals surface area (Å²) < 4.78 is 22.5. The second-order valence-electron chi connectivity index (χ2n) is 7.10. The first kappa shape index (κ1) is 22.4. The van der Waals surface area contributed by atoms with Crippen LogP contribution in [0.15, 0.2) is 42.5 Å². The zero-order valence-electron chi connectivity index (χ0n) is 18.2. The average Bonchev–Trinajstić information content (AvgIpc) is 2.79. The highest BCUT2D eigenvalue weighted by Crippen LogP contribution is 2.43. The van der Waals surface area contributed by atoms with Crippen LogP contribution >= 0.6 is 0 Å². The lowest BCUT2D eigenvalue weighted by Gasteiger charge is -2.18. The Labute approximate surface area is 182 Å². The Morgan fingerprint density at radius 1 is 0.677 bits per heavy atom. The molecule has 31 heavy (non-hydrogen) atoms. The number of fused-ring (bicyclic) bond motifs is 2. The van der Waals surface area contributed by atoms with Crippen LogP contribution in [0.5, 0.6) is 11.5 Å². The van der Waals surface area contributed by atoms with Gasteiger partial charge in [0.15, 0.2) is 0 Å². The molecule has 0 aliphatic carbocycles. The minimum atomic E-state index is -0.249. The summed E-state index contributed by atoms with van der Waals surface area (Å²) in [6.07, 6.45) is 0.676. The highest BCUT2D eigenvalue weighted by Gasteiger charge is 2.16. The molecule has 0 N–H and O–H groups in total. The Hall–Kier alpha value is -3.28. The molecule has 0 atom stereocenters. The fraction of sp³-hybridized carbons (Fsp3) is 0.360. The summed E-state index contributed by atoms with van der Waals surface area (Å²) in [5, 5.41) is 3.64. The summed E-state index contributed by atoms with van der Waals surface area (Å²) in [5.74, 6) is 0.956. The molecule has 6 heteroatoms. The fourth-order valence-electron chi connectivity index (χ4n) is 3.33. The van der Waals surface area contributed by atoms with Gasteiger partial charge in [-0.1, -0.05) is 55.8 Å². The van der Waals surface area contributed by atoms with Gasteiger partial charge in [-0.25, -0.2) is 0 Å². The van der Waals surface area contributed by atoms with Crippen LogP contribution in [0.2, 0.25) is 0 Å². The van der Waals surface area contributed by atoms with Gasteiger partial charge in [0.1, 0.15) is 37.9 Å². The van der Waals surface area contributed by atoms with E-state index in [1.807, 2.05) is 43.3 Å². The van der Waals surface area contributed by atoms with Gasteiger partial charge in [0, 0.05) is 34.4 Å². The minimum absolute atomic E-state index is 0.190. The predicted molar refractivity (Wildman–Crippen MR) is 120 cm³/mol. The van der Waals surface area contributed by atoms with Crippen LogP contribution in [0.3, 0.4) is 0 Å². The first-order valence-corrected chi connectivity index (χ1v) is 10.6. The second kappa shape index (κ2) is 10.7. The molecule has 0 radical (unpaired) electrons. The van der Waals surface area contributed by atoms with E-state index in [9.17, 15) is 9.59 Å². The molecule has 0 fully saturated rings. The molecule has 164 valence electrons. The van der Waals surface area contributed by atoms with E-state index in [1.165, 1.54) is 0 Å². The fourth-order valence-corrected chi connectivity index (χ4v) is 3.33. The summed E-state index contributed by atoms with van der Waals surface area (Å²) in [6, 6.07) is 13.9. The Balaban J connectivity index is 1.95. The number of esters is 2. The van der Waals surface area contributed by atoms with E-state index in [-0.39, 0.29) is 38.4 Å². The minimum Gasteiger partial charge on any atom is -0.489 e. The van der Waals surface area contributed by atoms with Crippen molar-refractivity contribution in [1.29, 1.82) is 0 Å². The number of hydrogen-bond acceptors (Lipinski definition) is 6. The van der Waals surface area contributed by atoms with Crippen LogP contribution in [-0.4, -0.2) is 38.4 Å². The molecule has 3 aromatic carbocycles. The van der Waals surface area contributed by atoms with Crippen molar-refractivity contribution in [2.75, 3.05) is 26.4 Å². The average molecular weight is 424 g/mol. The molecule has 6 nitrogen and oxygen atoms in total. The Morgan fingerprint density at radius 3 is 1.68 bits per heavy atom. The zero-order valence-corrected chi connectivity index (χ0v) is 18.2. The van der Waals surface area contributed by atoms with E-state index in [2.05, 4.69) is 6.07 Å². The Kier molecular flexibility index (Phi) is 7.70. The predicted octanol–water partition coefficient (Wildman–Crippen LogP) is 4.97. The summed E-state index contributed by atoms with van der Waals surface area (Å²) in [5.41, 5.74) is 1.09. The molecular weight excluding hydrogens is 396 g/mol. The molecule has 3 rings (SSSR count). The normalized spacial score (nSPS) is 10.8. The molecule has 0 bridgehead atoms. The largest absolute Gasteiger partial charge is 0.489 e. The molecular formula is C25H28O6. The molecule has 0 amide bonds. The van der Waals surface area contributed by atoms with Gasteiger partial charge in [0.25, 0.3) is 0 Å². The first-order chi connectivity index (χ1) is 15.0. The molecule has 0 saturated heterocycles. The number of benzene rings is 3. The second-order valence-corrected chi connectivity index (χ2v) is 7.10. The molecule has 0 heterocycles. The number of rotatable bonds is 10. The maximum absolute atomic E-state index is 11.4. The Bertz CT molecular complexity index is 1070. The van der Waals surface area contributed by atoms with Crippen LogP contribution in [0.4, 0.5) is 0 Å². The molecule has 3 aromatic rings. The lowest BCUT2D eigenvalue weighted by atomic mass is 9.99. The van der Waals surface area contributed by atoms with E-state index in [1.54, 1.807) is 13.8 Å². The van der Waals surface area contributed by atoms with E-state index >= 15 is 0 Å². The lowest BCUT2D eigenvalue weighted by molar-refractivity contribution is -0.144. The van der Waals surface area contributed by atoms with Crippen LogP contribution in [0, 0.1) is 6.92 Å². The van der Waals surface area contributed by atoms with E-state index in [4.69, 9.17) is 18.9 Å². The van der Waals surface area contributed by atoms with E-state index in [0.717, 1.165) is 38.6 Å². The van der Waals surface area contributed by atoms with Crippen molar-refractivity contribution in [3.8, 4) is 11.5 Å². The van der Waals surface area contributed by atoms with Gasteiger partial charge in [-0.3, -0.25) is 9.59 Å². The van der Waals surface area contributed by atoms with Crippen LogP contribution < -0.4 is 9.47 Å². The number of carbonyl (C=O) groups excluding carboxylic acids is 2. The quantitative estimate of drug-likeness (QED) is 0.260. The monoisotopic (exact) mass is 424 g/mol. The third kappa shape index (κ3) is 5.45. The summed E-state index contributed by atoms with van der Waals surface area (Å²) in [7, 11) is 0. The van der Waals surface area contributed by atoms with E-state index in [0.29, 0.717) is 12.8 Å². The highest BCUT2D eigenvalue weighted by atomic mass is 16.6. The van der Waals surface area contributed by atoms with Gasteiger partial charge in [-0.2, -0.15) is 0 Å². The maximum atomic E-state index is 11.4. The van der Waals surface area contributed by atoms with Crippen LogP contribution in [0.25, 0.3) is 21.5 Å². The standard InChI is InChI=1S/C25H28O6/c1-4-22(26)28-12-14-30-24-18-8-6-7-9-19(18)25(31-15-13-29-23(27)5-2)21-16-17(3)10-11-20(21)24/h6-11,16H,4-5,12-15H2,1-3H3. The summed E-state index contributed by atoms with van der Waals surface area (Å²) in [4.78, 5) is 22.8. The molecule has 0 aliphatic heterocycles. The van der Waals surface area contributed by atoms with Crippen molar-refractivity contribution >= 4 is 33.5 Å². The number of carbonyl (C=O) groups is 2. The van der Waals surface area contributed by atoms with Crippen molar-refractivity contribution in [1.82, 2.24) is 0 Å². The lowest BCUT2D eigenvalue weighted by Crippen LogP contribution is -2.12. The van der Waals surface area contributed by atoms with Crippen molar-refractivity contribution in [2.45, 2.75) is 33.6 Å². The van der Waals surface area contributed by atoms with Gasteiger partial charge in [0.05, 0.1) is 0 Å². The number of hydrogen-bond donors (Lipinski definition) is 0. The van der Waals surface area contributed by atoms with Crippen molar-refractivity contribution in [3.63, 3.8) is 0 Å². The zero-order chi connectivity index (χ0) is 22.2. The molecule has 0 spiro atoms. The SMILES string of the molecule is CCC(=O)OCCOc1c2ccccc2c(OCCOC(=O)CC)c2cc(C)ccc12. The number of aryl methyl sites for hydroxylation is 1. The molecule has 0 aromatic heterocycles. The molecule has 0 unspecified atom stereocenters. The van der Waals surface area contributed by atoms with Gasteiger partial charge >= 0.3 is 11.9 Å². The van der Waals surface area contributed by atoms with Crippen molar-refractivity contribution < 1.29 is 28.5 Å². The topological polar surface area (TPSA) is 71.1 Å². The summed E-state index contributed by atoms with van der Waals surface area (Å²) >= 11 is 0. The maximum Gasteiger partial charge on any atom is 0.305 e. The van der Waals surface area contributed by atoms with Crippen molar-refractivity contribution in [2.24, 2.45) is 0 Å². The first-order valence-electron chi connectivity index (χ1n) is 10.6. The van der Waals surface area contributed by atoms with Crippen LogP contribution in [-0.2, 0) is 19.1 Å². The highest BCUT2D eigenvalue weighted by molar-refractivity contribution is 6.11. The third-order valence-corrected chi connectivity index (χ3v) is 4.84. The summed E-state index contributed by atoms with van der Waals surface area (Å²) in [6.45, 7) is 6.43. The Morgan fingerprint density at radius 2 is 1.16 bits per heavy atom. The van der Waals surface area contributed by atoms with Gasteiger partial charge in [0.2, 0.25) is 0 Å². The molecule has 0 aliphatic rings. The van der Waals surface area contributed by atoms with E-state index < -0.39 is 0 Å². The van der Waals surface area contributed by atoms with Gasteiger partial charge in [-0.15, -0.1) is 0 Å². The molecule has 0 saturated carbocycles. The van der Waals surface area contributed by atoms with Crippen molar-refractivity contribution in [3.05, 3.63) is 48.0 Å². The van der Waals surface area contributed by atoms with Gasteiger partial charge < -0.3 is 18.9 Å². The smallest absolute Gasteiger partial charge is 0.305 e. The van der Waals surface area contributed by atoms with Gasteiger partial charge in [-0.05, 0) is 13.0 Å².